The molecule has 11 aromatic carbocycles. The molecular formula is C62H41FN2. The van der Waals surface area contributed by atoms with Gasteiger partial charge in [0, 0.05) is 33.5 Å². The molecule has 0 saturated heterocycles. The third-order valence-corrected chi connectivity index (χ3v) is 12.9. The minimum atomic E-state index is -0.230. The quantitative estimate of drug-likeness (QED) is 0.139. The highest BCUT2D eigenvalue weighted by Gasteiger charge is 2.17. The predicted octanol–water partition coefficient (Wildman–Crippen LogP) is 17.4. The van der Waals surface area contributed by atoms with Crippen LogP contribution in [0.4, 0.5) is 21.5 Å². The van der Waals surface area contributed by atoms with Crippen LogP contribution in [0.1, 0.15) is 0 Å². The number of para-hydroxylation sites is 2. The smallest absolute Gasteiger partial charge is 0.123 e. The van der Waals surface area contributed by atoms with Crippen molar-refractivity contribution in [2.24, 2.45) is 0 Å². The molecule has 0 aliphatic carbocycles. The topological polar surface area (TPSA) is 8.17 Å². The Morgan fingerprint density at radius 2 is 0.646 bits per heavy atom. The lowest BCUT2D eigenvalue weighted by Crippen LogP contribution is -2.10. The fourth-order valence-corrected chi connectivity index (χ4v) is 9.64. The first-order chi connectivity index (χ1) is 32.1. The molecule has 12 rings (SSSR count). The molecule has 0 aliphatic heterocycles. The van der Waals surface area contributed by atoms with Crippen molar-refractivity contribution in [3.8, 4) is 50.2 Å². The van der Waals surface area contributed by atoms with Gasteiger partial charge in [-0.3, -0.25) is 0 Å². The van der Waals surface area contributed by atoms with Crippen molar-refractivity contribution >= 4 is 60.4 Å². The van der Waals surface area contributed by atoms with Gasteiger partial charge in [0.25, 0.3) is 0 Å². The van der Waals surface area contributed by atoms with Gasteiger partial charge in [-0.1, -0.05) is 170 Å². The van der Waals surface area contributed by atoms with Crippen LogP contribution >= 0.6 is 0 Å². The summed E-state index contributed by atoms with van der Waals surface area (Å²) < 4.78 is 15.9. The van der Waals surface area contributed by atoms with Crippen LogP contribution in [0.25, 0.3) is 93.5 Å². The average Bonchev–Trinajstić information content (AvgIpc) is 3.72. The second-order valence-electron chi connectivity index (χ2n) is 16.7. The van der Waals surface area contributed by atoms with Crippen molar-refractivity contribution in [2.45, 2.75) is 0 Å². The Labute approximate surface area is 377 Å². The minimum Gasteiger partial charge on any atom is -0.311 e. The number of benzene rings is 11. The number of aromatic nitrogens is 1. The molecule has 306 valence electrons. The van der Waals surface area contributed by atoms with Crippen LogP contribution in [0.5, 0.6) is 0 Å². The lowest BCUT2D eigenvalue weighted by atomic mass is 9.92. The molecule has 0 radical (unpaired) electrons. The van der Waals surface area contributed by atoms with Crippen molar-refractivity contribution in [3.63, 3.8) is 0 Å². The molecule has 3 heteroatoms. The molecule has 0 unspecified atom stereocenters. The SMILES string of the molecule is Fc1ccc(-c2ccc(-c3ccc(N(c4ccc(-c5ccc(-c6cc7ccccc7c7ccccc67)cc5)cc4)c4ccc(-n5c6ccccc6c6ccccc65)cc4)cc3)cc2)cc1. The molecule has 2 nitrogen and oxygen atoms in total. The van der Waals surface area contributed by atoms with Gasteiger partial charge in [-0.25, -0.2) is 4.39 Å². The first-order valence-corrected chi connectivity index (χ1v) is 22.1. The molecule has 0 fully saturated rings. The molecule has 0 spiro atoms. The van der Waals surface area contributed by atoms with Gasteiger partial charge in [0.05, 0.1) is 11.0 Å². The van der Waals surface area contributed by atoms with E-state index < -0.39 is 0 Å². The number of rotatable bonds is 8. The van der Waals surface area contributed by atoms with Crippen molar-refractivity contribution < 1.29 is 4.39 Å². The molecule has 12 aromatic rings. The molecule has 0 atom stereocenters. The van der Waals surface area contributed by atoms with E-state index in [1.165, 1.54) is 72.2 Å². The summed E-state index contributed by atoms with van der Waals surface area (Å²) in [6.45, 7) is 0. The van der Waals surface area contributed by atoms with Crippen molar-refractivity contribution in [3.05, 3.63) is 255 Å². The molecule has 0 saturated carbocycles. The summed E-state index contributed by atoms with van der Waals surface area (Å²) in [5.41, 5.74) is 15.7. The van der Waals surface area contributed by atoms with E-state index in [0.29, 0.717) is 0 Å². The van der Waals surface area contributed by atoms with E-state index in [0.717, 1.165) is 50.6 Å². The lowest BCUT2D eigenvalue weighted by molar-refractivity contribution is 0.628. The Bertz CT molecular complexity index is 3610. The Morgan fingerprint density at radius 1 is 0.292 bits per heavy atom. The van der Waals surface area contributed by atoms with E-state index in [9.17, 15) is 4.39 Å². The zero-order valence-corrected chi connectivity index (χ0v) is 35.4. The summed E-state index contributed by atoms with van der Waals surface area (Å²) in [6, 6.07) is 87.7. The van der Waals surface area contributed by atoms with Gasteiger partial charge in [0.15, 0.2) is 0 Å². The number of nitrogens with zero attached hydrogens (tertiary/aromatic N) is 2. The Balaban J connectivity index is 0.889. The van der Waals surface area contributed by atoms with Gasteiger partial charge in [0.1, 0.15) is 5.82 Å². The maximum atomic E-state index is 13.6. The highest BCUT2D eigenvalue weighted by Crippen LogP contribution is 2.40. The second kappa shape index (κ2) is 16.0. The molecular weight excluding hydrogens is 792 g/mol. The second-order valence-corrected chi connectivity index (χ2v) is 16.7. The van der Waals surface area contributed by atoms with Gasteiger partial charge < -0.3 is 9.47 Å². The van der Waals surface area contributed by atoms with E-state index in [1.807, 2.05) is 12.1 Å². The molecule has 0 bridgehead atoms. The number of fused-ring (bicyclic) bond motifs is 6. The van der Waals surface area contributed by atoms with E-state index in [2.05, 4.69) is 234 Å². The number of halogens is 1. The summed E-state index contributed by atoms with van der Waals surface area (Å²) >= 11 is 0. The Hall–Kier alpha value is -8.53. The number of hydrogen-bond donors (Lipinski definition) is 0. The summed E-state index contributed by atoms with van der Waals surface area (Å²) in [4.78, 5) is 2.33. The van der Waals surface area contributed by atoms with E-state index in [1.54, 1.807) is 0 Å². The molecule has 1 heterocycles. The third-order valence-electron chi connectivity index (χ3n) is 12.9. The standard InChI is InChI=1S/C62H41FN2/c63-50-31-25-45(26-32-50)42-17-19-43(20-18-42)46-27-33-51(34-28-46)64(53-37-39-54(40-38-53)65-61-15-7-5-13-58(61)59-14-6-8-16-62(59)65)52-35-29-47(30-36-52)44-21-23-48(24-22-44)60-41-49-9-1-2-10-55(49)56-11-3-4-12-57(56)60/h1-41H. The zero-order valence-electron chi connectivity index (χ0n) is 35.4. The molecule has 1 aromatic heterocycles. The predicted molar refractivity (Wildman–Crippen MR) is 272 cm³/mol. The number of anilines is 3. The van der Waals surface area contributed by atoms with Crippen LogP contribution in [-0.2, 0) is 0 Å². The summed E-state index contributed by atoms with van der Waals surface area (Å²) in [5.74, 6) is -0.230. The van der Waals surface area contributed by atoms with E-state index in [4.69, 9.17) is 0 Å². The summed E-state index contributed by atoms with van der Waals surface area (Å²) in [5, 5.41) is 7.56. The van der Waals surface area contributed by atoms with Gasteiger partial charge in [-0.15, -0.1) is 0 Å². The largest absolute Gasteiger partial charge is 0.311 e. The average molecular weight is 833 g/mol. The van der Waals surface area contributed by atoms with Crippen LogP contribution in [0.15, 0.2) is 249 Å². The molecule has 0 N–H and O–H groups in total. The van der Waals surface area contributed by atoms with Crippen molar-refractivity contribution in [2.75, 3.05) is 4.90 Å². The fourth-order valence-electron chi connectivity index (χ4n) is 9.64. The Kier molecular flexibility index (Phi) is 9.39. The summed E-state index contributed by atoms with van der Waals surface area (Å²) in [6.07, 6.45) is 0. The van der Waals surface area contributed by atoms with Crippen LogP contribution in [0, 0.1) is 5.82 Å². The highest BCUT2D eigenvalue weighted by molar-refractivity contribution is 6.14. The maximum Gasteiger partial charge on any atom is 0.123 e. The van der Waals surface area contributed by atoms with Crippen molar-refractivity contribution in [1.82, 2.24) is 4.57 Å². The van der Waals surface area contributed by atoms with Crippen LogP contribution in [0.3, 0.4) is 0 Å². The van der Waals surface area contributed by atoms with Crippen LogP contribution in [0.2, 0.25) is 0 Å². The van der Waals surface area contributed by atoms with Crippen molar-refractivity contribution in [1.29, 1.82) is 0 Å². The van der Waals surface area contributed by atoms with Crippen LogP contribution in [-0.4, -0.2) is 4.57 Å². The normalized spacial score (nSPS) is 11.5. The van der Waals surface area contributed by atoms with Gasteiger partial charge in [-0.2, -0.15) is 0 Å². The zero-order chi connectivity index (χ0) is 43.3. The minimum absolute atomic E-state index is 0.230. The first kappa shape index (κ1) is 38.2. The van der Waals surface area contributed by atoms with Gasteiger partial charge in [0.2, 0.25) is 0 Å². The fraction of sp³-hybridized carbons (Fsp3) is 0. The number of hydrogen-bond acceptors (Lipinski definition) is 1. The van der Waals surface area contributed by atoms with E-state index >= 15 is 0 Å². The third kappa shape index (κ3) is 6.91. The van der Waals surface area contributed by atoms with Gasteiger partial charge in [-0.05, 0) is 145 Å². The molecule has 0 amide bonds. The van der Waals surface area contributed by atoms with E-state index in [-0.39, 0.29) is 5.82 Å². The Morgan fingerprint density at radius 3 is 1.14 bits per heavy atom. The molecule has 65 heavy (non-hydrogen) atoms. The first-order valence-electron chi connectivity index (χ1n) is 22.1. The molecule has 0 aliphatic rings. The summed E-state index contributed by atoms with van der Waals surface area (Å²) in [7, 11) is 0. The van der Waals surface area contributed by atoms with Crippen LogP contribution < -0.4 is 4.90 Å². The monoisotopic (exact) mass is 832 g/mol. The van der Waals surface area contributed by atoms with Gasteiger partial charge >= 0.3 is 0 Å². The highest BCUT2D eigenvalue weighted by atomic mass is 19.1. The maximum absolute atomic E-state index is 13.6. The lowest BCUT2D eigenvalue weighted by Gasteiger charge is -2.26.